The molecule has 0 saturated carbocycles. The zero-order valence-electron chi connectivity index (χ0n) is 9.69. The van der Waals surface area contributed by atoms with Gasteiger partial charge in [-0.15, -0.1) is 0 Å². The second kappa shape index (κ2) is 6.15. The number of hydrogen-bond donors (Lipinski definition) is 3. The summed E-state index contributed by atoms with van der Waals surface area (Å²) in [5.41, 5.74) is 0.859. The average Bonchev–Trinajstić information content (AvgIpc) is 2.24. The molecule has 16 heavy (non-hydrogen) atoms. The first kappa shape index (κ1) is 13.4. The third-order valence-corrected chi connectivity index (χ3v) is 3.89. The monoisotopic (exact) mass is 240 g/mol. The molecule has 0 aliphatic heterocycles. The van der Waals surface area contributed by atoms with Crippen LogP contribution in [0.4, 0.5) is 0 Å². The van der Waals surface area contributed by atoms with Crippen molar-refractivity contribution in [2.45, 2.75) is 39.0 Å². The molecule has 0 aromatic heterocycles. The molecule has 3 N–H and O–H groups in total. The Labute approximate surface area is 97.8 Å². The Morgan fingerprint density at radius 3 is 2.31 bits per heavy atom. The van der Waals surface area contributed by atoms with E-state index in [1.807, 2.05) is 12.1 Å². The zero-order valence-corrected chi connectivity index (χ0v) is 10.7. The van der Waals surface area contributed by atoms with E-state index in [9.17, 15) is 14.4 Å². The van der Waals surface area contributed by atoms with Crippen molar-refractivity contribution in [2.24, 2.45) is 0 Å². The quantitative estimate of drug-likeness (QED) is 0.512. The van der Waals surface area contributed by atoms with Crippen molar-refractivity contribution < 1.29 is 14.4 Å². The molecule has 1 rings (SSSR count). The Bertz CT molecular complexity index is 320. The number of unbranched alkanes of at least 4 members (excludes halogenated alkanes) is 3. The molecule has 1 aromatic rings. The van der Waals surface area contributed by atoms with Gasteiger partial charge in [0.15, 0.2) is 0 Å². The van der Waals surface area contributed by atoms with Gasteiger partial charge in [0.25, 0.3) is 0 Å². The van der Waals surface area contributed by atoms with Crippen LogP contribution in [0.25, 0.3) is 0 Å². The molecule has 0 atom stereocenters. The second-order valence-electron chi connectivity index (χ2n) is 4.10. The highest BCUT2D eigenvalue weighted by Crippen LogP contribution is 2.08. The smallest absolute Gasteiger partial charge is 0.386 e. The van der Waals surface area contributed by atoms with Crippen LogP contribution in [0.5, 0.6) is 0 Å². The van der Waals surface area contributed by atoms with E-state index >= 15 is 0 Å². The first-order chi connectivity index (χ1) is 7.55. The van der Waals surface area contributed by atoms with Gasteiger partial charge in [0, 0.05) is 5.19 Å². The van der Waals surface area contributed by atoms with Crippen molar-refractivity contribution in [3.8, 4) is 0 Å². The predicted molar refractivity (Wildman–Crippen MR) is 66.3 cm³/mol. The van der Waals surface area contributed by atoms with E-state index < -0.39 is 8.80 Å². The largest absolute Gasteiger partial charge is 0.529 e. The average molecular weight is 240 g/mol. The molecule has 0 spiro atoms. The van der Waals surface area contributed by atoms with Crippen LogP contribution in [0.15, 0.2) is 24.3 Å². The lowest BCUT2D eigenvalue weighted by atomic mass is 10.1. The molecule has 0 heterocycles. The summed E-state index contributed by atoms with van der Waals surface area (Å²) in [7, 11) is -4.15. The molecule has 0 unspecified atom stereocenters. The summed E-state index contributed by atoms with van der Waals surface area (Å²) in [5.74, 6) is 0. The fourth-order valence-electron chi connectivity index (χ4n) is 1.81. The van der Waals surface area contributed by atoms with Gasteiger partial charge >= 0.3 is 8.80 Å². The van der Waals surface area contributed by atoms with Crippen molar-refractivity contribution in [3.63, 3.8) is 0 Å². The number of hydrogen-bond acceptors (Lipinski definition) is 3. The van der Waals surface area contributed by atoms with Crippen molar-refractivity contribution in [1.82, 2.24) is 0 Å². The summed E-state index contributed by atoms with van der Waals surface area (Å²) < 4.78 is 0. The minimum Gasteiger partial charge on any atom is -0.386 e. The minimum atomic E-state index is -4.15. The van der Waals surface area contributed by atoms with E-state index in [0.717, 1.165) is 24.8 Å². The van der Waals surface area contributed by atoms with Gasteiger partial charge in [-0.2, -0.15) is 0 Å². The Balaban J connectivity index is 2.65. The lowest BCUT2D eigenvalue weighted by molar-refractivity contribution is 0.249. The third-order valence-electron chi connectivity index (χ3n) is 2.68. The normalized spacial score (nSPS) is 11.8. The molecular formula is C12H20O3Si. The highest BCUT2D eigenvalue weighted by Gasteiger charge is 2.32. The van der Waals surface area contributed by atoms with Gasteiger partial charge < -0.3 is 14.4 Å². The van der Waals surface area contributed by atoms with Gasteiger partial charge in [-0.05, 0) is 18.4 Å². The predicted octanol–water partition coefficient (Wildman–Crippen LogP) is 0.932. The fourth-order valence-corrected chi connectivity index (χ4v) is 2.77. The van der Waals surface area contributed by atoms with Crippen LogP contribution in [0.1, 0.15) is 38.2 Å². The van der Waals surface area contributed by atoms with Gasteiger partial charge in [-0.1, -0.05) is 50.5 Å². The van der Waals surface area contributed by atoms with Crippen LogP contribution < -0.4 is 5.19 Å². The molecule has 0 amide bonds. The lowest BCUT2D eigenvalue weighted by Gasteiger charge is -2.14. The maximum absolute atomic E-state index is 9.32. The van der Waals surface area contributed by atoms with Crippen LogP contribution in [0, 0.1) is 0 Å². The Hall–Kier alpha value is -0.683. The second-order valence-corrected chi connectivity index (χ2v) is 5.91. The Kier molecular flexibility index (Phi) is 5.14. The molecule has 0 bridgehead atoms. The summed E-state index contributed by atoms with van der Waals surface area (Å²) in [5, 5.41) is 0.325. The van der Waals surface area contributed by atoms with Gasteiger partial charge in [0.2, 0.25) is 0 Å². The molecular weight excluding hydrogens is 220 g/mol. The minimum absolute atomic E-state index is 0.325. The van der Waals surface area contributed by atoms with Crippen LogP contribution in [-0.4, -0.2) is 23.2 Å². The fraction of sp³-hybridized carbons (Fsp3) is 0.500. The van der Waals surface area contributed by atoms with Gasteiger partial charge in [0.05, 0.1) is 0 Å². The number of benzene rings is 1. The van der Waals surface area contributed by atoms with Gasteiger partial charge in [-0.25, -0.2) is 0 Å². The van der Waals surface area contributed by atoms with E-state index in [0.29, 0.717) is 5.19 Å². The first-order valence-corrected chi connectivity index (χ1v) is 7.65. The van der Waals surface area contributed by atoms with Crippen molar-refractivity contribution in [1.29, 1.82) is 0 Å². The summed E-state index contributed by atoms with van der Waals surface area (Å²) in [6.07, 6.45) is 5.34. The molecule has 4 heteroatoms. The van der Waals surface area contributed by atoms with Crippen molar-refractivity contribution >= 4 is 14.0 Å². The zero-order chi connectivity index (χ0) is 12.0. The third kappa shape index (κ3) is 4.06. The van der Waals surface area contributed by atoms with E-state index in [1.165, 1.54) is 12.8 Å². The van der Waals surface area contributed by atoms with E-state index in [2.05, 4.69) is 6.92 Å². The molecule has 0 fully saturated rings. The number of rotatable bonds is 6. The van der Waals surface area contributed by atoms with Gasteiger partial charge in [-0.3, -0.25) is 0 Å². The highest BCUT2D eigenvalue weighted by molar-refractivity contribution is 6.72. The molecule has 3 nitrogen and oxygen atoms in total. The summed E-state index contributed by atoms with van der Waals surface area (Å²) in [4.78, 5) is 28.0. The standard InChI is InChI=1S/C12H20O3Si/c1-2-3-4-5-8-11-9-6-7-10-12(11)16(13,14)15/h6-7,9-10,13-15H,2-5,8H2,1H3. The maximum atomic E-state index is 9.32. The van der Waals surface area contributed by atoms with Crippen LogP contribution in [-0.2, 0) is 6.42 Å². The van der Waals surface area contributed by atoms with Crippen LogP contribution in [0.3, 0.4) is 0 Å². The maximum Gasteiger partial charge on any atom is 0.529 e. The van der Waals surface area contributed by atoms with Crippen LogP contribution in [0.2, 0.25) is 0 Å². The summed E-state index contributed by atoms with van der Waals surface area (Å²) >= 11 is 0. The molecule has 0 aliphatic rings. The molecule has 90 valence electrons. The van der Waals surface area contributed by atoms with Gasteiger partial charge in [0.1, 0.15) is 0 Å². The SMILES string of the molecule is CCCCCCc1ccccc1[Si](O)(O)O. The lowest BCUT2D eigenvalue weighted by Crippen LogP contribution is -2.50. The van der Waals surface area contributed by atoms with Crippen molar-refractivity contribution in [2.75, 3.05) is 0 Å². The molecule has 1 aromatic carbocycles. The molecule has 0 radical (unpaired) electrons. The number of aryl methyl sites for hydroxylation is 1. The summed E-state index contributed by atoms with van der Waals surface area (Å²) in [6.45, 7) is 2.15. The topological polar surface area (TPSA) is 60.7 Å². The van der Waals surface area contributed by atoms with E-state index in [4.69, 9.17) is 0 Å². The van der Waals surface area contributed by atoms with E-state index in [1.54, 1.807) is 12.1 Å². The highest BCUT2D eigenvalue weighted by atomic mass is 28.4. The molecule has 0 aliphatic carbocycles. The van der Waals surface area contributed by atoms with E-state index in [-0.39, 0.29) is 0 Å². The summed E-state index contributed by atoms with van der Waals surface area (Å²) in [6, 6.07) is 7.03. The van der Waals surface area contributed by atoms with Crippen molar-refractivity contribution in [3.05, 3.63) is 29.8 Å². The first-order valence-electron chi connectivity index (χ1n) is 5.81. The Morgan fingerprint density at radius 2 is 1.69 bits per heavy atom. The molecule has 0 saturated heterocycles. The van der Waals surface area contributed by atoms with Crippen LogP contribution >= 0.6 is 0 Å². The Morgan fingerprint density at radius 1 is 1.00 bits per heavy atom.